The minimum atomic E-state index is -3.23. The summed E-state index contributed by atoms with van der Waals surface area (Å²) in [6.07, 6.45) is 6.05. The number of hydrogen-bond acceptors (Lipinski definition) is 6. The Hall–Kier alpha value is -2.65. The SMILES string of the molecule is CS(=O)(=O)c1ccc(Nc2cc(-c3ccoc3)nc3c(Br)cnn23)cc1. The molecule has 0 saturated heterocycles. The number of nitrogens with one attached hydrogen (secondary N) is 1. The van der Waals surface area contributed by atoms with E-state index in [4.69, 9.17) is 4.42 Å². The second-order valence-corrected chi connectivity index (χ2v) is 8.56. The number of hydrogen-bond donors (Lipinski definition) is 1. The van der Waals surface area contributed by atoms with Gasteiger partial charge in [0.25, 0.3) is 0 Å². The van der Waals surface area contributed by atoms with E-state index in [9.17, 15) is 8.42 Å². The van der Waals surface area contributed by atoms with E-state index in [1.807, 2.05) is 12.1 Å². The quantitative estimate of drug-likeness (QED) is 0.525. The fourth-order valence-corrected chi connectivity index (χ4v) is 3.50. The minimum Gasteiger partial charge on any atom is -0.472 e. The average Bonchev–Trinajstić information content (AvgIpc) is 3.25. The van der Waals surface area contributed by atoms with Crippen molar-refractivity contribution in [3.05, 3.63) is 59.6 Å². The maximum Gasteiger partial charge on any atom is 0.175 e. The molecule has 0 saturated carbocycles. The highest BCUT2D eigenvalue weighted by molar-refractivity contribution is 9.10. The van der Waals surface area contributed by atoms with Crippen LogP contribution in [0.5, 0.6) is 0 Å². The molecule has 0 fully saturated rings. The molecule has 0 aliphatic carbocycles. The molecule has 4 rings (SSSR count). The van der Waals surface area contributed by atoms with Crippen molar-refractivity contribution in [2.75, 3.05) is 11.6 Å². The van der Waals surface area contributed by atoms with Gasteiger partial charge in [-0.15, -0.1) is 0 Å². The van der Waals surface area contributed by atoms with E-state index < -0.39 is 9.84 Å². The van der Waals surface area contributed by atoms with Crippen molar-refractivity contribution in [3.63, 3.8) is 0 Å². The summed E-state index contributed by atoms with van der Waals surface area (Å²) in [6, 6.07) is 10.2. The highest BCUT2D eigenvalue weighted by atomic mass is 79.9. The Labute approximate surface area is 157 Å². The van der Waals surface area contributed by atoms with Crippen LogP contribution in [0, 0.1) is 0 Å². The van der Waals surface area contributed by atoms with Gasteiger partial charge in [-0.3, -0.25) is 0 Å². The summed E-state index contributed by atoms with van der Waals surface area (Å²) < 4.78 is 30.8. The number of fused-ring (bicyclic) bond motifs is 1. The maximum absolute atomic E-state index is 11.6. The largest absolute Gasteiger partial charge is 0.472 e. The topological polar surface area (TPSA) is 89.5 Å². The van der Waals surface area contributed by atoms with E-state index in [1.54, 1.807) is 47.5 Å². The van der Waals surface area contributed by atoms with Gasteiger partial charge in [0.1, 0.15) is 5.82 Å². The lowest BCUT2D eigenvalue weighted by Crippen LogP contribution is -2.03. The molecule has 0 unspecified atom stereocenters. The molecule has 1 N–H and O–H groups in total. The summed E-state index contributed by atoms with van der Waals surface area (Å²) in [4.78, 5) is 4.87. The summed E-state index contributed by atoms with van der Waals surface area (Å²) in [7, 11) is -3.23. The molecule has 1 aromatic carbocycles. The molecular formula is C17H13BrN4O3S. The Kier molecular flexibility index (Phi) is 4.04. The zero-order valence-corrected chi connectivity index (χ0v) is 16.0. The Morgan fingerprint density at radius 2 is 1.96 bits per heavy atom. The molecule has 0 amide bonds. The van der Waals surface area contributed by atoms with Crippen LogP contribution < -0.4 is 5.32 Å². The number of furan rings is 1. The van der Waals surface area contributed by atoms with Crippen LogP contribution in [-0.2, 0) is 9.84 Å². The maximum atomic E-state index is 11.6. The number of sulfone groups is 1. The third-order valence-electron chi connectivity index (χ3n) is 3.80. The van der Waals surface area contributed by atoms with Gasteiger partial charge < -0.3 is 9.73 Å². The van der Waals surface area contributed by atoms with Crippen molar-refractivity contribution >= 4 is 42.9 Å². The lowest BCUT2D eigenvalue weighted by Gasteiger charge is -2.10. The van der Waals surface area contributed by atoms with Crippen molar-refractivity contribution in [3.8, 4) is 11.3 Å². The van der Waals surface area contributed by atoms with Crippen LogP contribution in [0.2, 0.25) is 0 Å². The predicted octanol–water partition coefficient (Wildman–Crippen LogP) is 3.90. The Bertz CT molecular complexity index is 1180. The zero-order valence-electron chi connectivity index (χ0n) is 13.5. The van der Waals surface area contributed by atoms with Gasteiger partial charge in [-0.2, -0.15) is 9.61 Å². The van der Waals surface area contributed by atoms with Crippen LogP contribution in [0.4, 0.5) is 11.5 Å². The van der Waals surface area contributed by atoms with Gasteiger partial charge in [0.05, 0.1) is 33.8 Å². The van der Waals surface area contributed by atoms with Crippen LogP contribution >= 0.6 is 15.9 Å². The first-order valence-corrected chi connectivity index (χ1v) is 10.2. The first kappa shape index (κ1) is 16.8. The third kappa shape index (κ3) is 3.11. The summed E-state index contributed by atoms with van der Waals surface area (Å²) in [6.45, 7) is 0. The number of nitrogens with zero attached hydrogens (tertiary/aromatic N) is 3. The van der Waals surface area contributed by atoms with Crippen molar-refractivity contribution < 1.29 is 12.8 Å². The molecule has 4 aromatic rings. The van der Waals surface area contributed by atoms with Crippen molar-refractivity contribution in [1.29, 1.82) is 0 Å². The van der Waals surface area contributed by atoms with Crippen LogP contribution in [0.1, 0.15) is 0 Å². The Morgan fingerprint density at radius 3 is 2.62 bits per heavy atom. The predicted molar refractivity (Wildman–Crippen MR) is 101 cm³/mol. The van der Waals surface area contributed by atoms with Gasteiger partial charge in [0.15, 0.2) is 15.5 Å². The highest BCUT2D eigenvalue weighted by Gasteiger charge is 2.13. The van der Waals surface area contributed by atoms with E-state index in [0.717, 1.165) is 21.4 Å². The van der Waals surface area contributed by atoms with Gasteiger partial charge in [-0.05, 0) is 46.3 Å². The van der Waals surface area contributed by atoms with Gasteiger partial charge in [0, 0.05) is 23.6 Å². The third-order valence-corrected chi connectivity index (χ3v) is 5.49. The van der Waals surface area contributed by atoms with Crippen molar-refractivity contribution in [2.24, 2.45) is 0 Å². The van der Waals surface area contributed by atoms with Gasteiger partial charge in [0.2, 0.25) is 0 Å². The minimum absolute atomic E-state index is 0.267. The van der Waals surface area contributed by atoms with Gasteiger partial charge in [-0.25, -0.2) is 13.4 Å². The van der Waals surface area contributed by atoms with Crippen molar-refractivity contribution in [2.45, 2.75) is 4.90 Å². The number of halogens is 1. The molecule has 0 atom stereocenters. The van der Waals surface area contributed by atoms with E-state index in [-0.39, 0.29) is 4.90 Å². The summed E-state index contributed by atoms with van der Waals surface area (Å²) in [5, 5.41) is 7.57. The molecule has 7 nitrogen and oxygen atoms in total. The molecule has 132 valence electrons. The number of anilines is 2. The molecule has 0 aliphatic rings. The standard InChI is InChI=1S/C17H13BrN4O3S/c1-26(23,24)13-4-2-12(3-5-13)20-16-8-15(11-6-7-25-10-11)21-17-14(18)9-19-22(16)17/h2-10,20H,1H3. The van der Waals surface area contributed by atoms with E-state index >= 15 is 0 Å². The van der Waals surface area contributed by atoms with Crippen LogP contribution in [0.3, 0.4) is 0 Å². The summed E-state index contributed by atoms with van der Waals surface area (Å²) >= 11 is 3.45. The Balaban J connectivity index is 1.78. The summed E-state index contributed by atoms with van der Waals surface area (Å²) in [5.74, 6) is 0.684. The van der Waals surface area contributed by atoms with Gasteiger partial charge in [-0.1, -0.05) is 0 Å². The number of rotatable bonds is 4. The van der Waals surface area contributed by atoms with Gasteiger partial charge >= 0.3 is 0 Å². The smallest absolute Gasteiger partial charge is 0.175 e. The lowest BCUT2D eigenvalue weighted by atomic mass is 10.2. The molecule has 0 radical (unpaired) electrons. The molecule has 0 spiro atoms. The second-order valence-electron chi connectivity index (χ2n) is 5.69. The number of benzene rings is 1. The molecule has 9 heteroatoms. The fourth-order valence-electron chi connectivity index (χ4n) is 2.52. The van der Waals surface area contributed by atoms with E-state index in [1.165, 1.54) is 6.26 Å². The molecular weight excluding hydrogens is 420 g/mol. The van der Waals surface area contributed by atoms with Crippen molar-refractivity contribution in [1.82, 2.24) is 14.6 Å². The Morgan fingerprint density at radius 1 is 1.19 bits per heavy atom. The zero-order chi connectivity index (χ0) is 18.3. The summed E-state index contributed by atoms with van der Waals surface area (Å²) in [5.41, 5.74) is 2.95. The second kappa shape index (κ2) is 6.26. The molecule has 3 aromatic heterocycles. The molecule has 0 aliphatic heterocycles. The fraction of sp³-hybridized carbons (Fsp3) is 0.0588. The molecule has 0 bridgehead atoms. The number of aromatic nitrogens is 3. The normalized spacial score (nSPS) is 11.8. The van der Waals surface area contributed by atoms with Crippen LogP contribution in [0.25, 0.3) is 16.9 Å². The molecule has 26 heavy (non-hydrogen) atoms. The van der Waals surface area contributed by atoms with Crippen LogP contribution in [-0.4, -0.2) is 29.3 Å². The monoisotopic (exact) mass is 432 g/mol. The van der Waals surface area contributed by atoms with E-state index in [0.29, 0.717) is 11.5 Å². The lowest BCUT2D eigenvalue weighted by molar-refractivity contribution is 0.568. The first-order chi connectivity index (χ1) is 12.4. The van der Waals surface area contributed by atoms with E-state index in [2.05, 4.69) is 31.3 Å². The highest BCUT2D eigenvalue weighted by Crippen LogP contribution is 2.28. The first-order valence-electron chi connectivity index (χ1n) is 7.56. The average molecular weight is 433 g/mol. The molecule has 3 heterocycles. The van der Waals surface area contributed by atoms with Crippen LogP contribution in [0.15, 0.2) is 68.9 Å².